The highest BCUT2D eigenvalue weighted by molar-refractivity contribution is 7.61. The zero-order chi connectivity index (χ0) is 12.4. The molecule has 0 spiro atoms. The van der Waals surface area contributed by atoms with Gasteiger partial charge in [-0.3, -0.25) is 4.57 Å². The molecule has 3 nitrogen and oxygen atoms in total. The minimum atomic E-state index is -4.54. The first-order valence-corrected chi connectivity index (χ1v) is 6.00. The second-order valence-electron chi connectivity index (χ2n) is 2.99. The van der Waals surface area contributed by atoms with Gasteiger partial charge in [-0.1, -0.05) is 6.07 Å². The summed E-state index contributed by atoms with van der Waals surface area (Å²) >= 11 is 0. The van der Waals surface area contributed by atoms with Crippen LogP contribution in [0.1, 0.15) is 12.5 Å². The number of alkyl halides is 3. The first-order valence-electron chi connectivity index (χ1n) is 4.42. The van der Waals surface area contributed by atoms with E-state index in [1.165, 1.54) is 6.92 Å². The Bertz CT molecular complexity index is 417. The maximum Gasteiger partial charge on any atom is 0.416 e. The second-order valence-corrected chi connectivity index (χ2v) is 4.80. The summed E-state index contributed by atoms with van der Waals surface area (Å²) < 4.78 is 53.0. The molecule has 0 heterocycles. The van der Waals surface area contributed by atoms with Crippen LogP contribution in [0, 0.1) is 0 Å². The van der Waals surface area contributed by atoms with Crippen molar-refractivity contribution in [1.29, 1.82) is 0 Å². The van der Waals surface area contributed by atoms with Gasteiger partial charge in [-0.25, -0.2) is 0 Å². The van der Waals surface area contributed by atoms with Gasteiger partial charge in [-0.15, -0.1) is 0 Å². The van der Waals surface area contributed by atoms with Crippen LogP contribution in [0.4, 0.5) is 13.2 Å². The quantitative estimate of drug-likeness (QED) is 0.843. The number of rotatable bonds is 3. The SMILES string of the molecule is CCOP(=O)(O)c1cccc(C(F)(F)F)c1. The summed E-state index contributed by atoms with van der Waals surface area (Å²) in [6.45, 7) is 1.43. The topological polar surface area (TPSA) is 46.5 Å². The fraction of sp³-hybridized carbons (Fsp3) is 0.333. The third-order valence-corrected chi connectivity index (χ3v) is 3.34. The van der Waals surface area contributed by atoms with Gasteiger partial charge in [0.25, 0.3) is 0 Å². The molecule has 7 heteroatoms. The molecule has 1 N–H and O–H groups in total. The Morgan fingerprint density at radius 3 is 2.56 bits per heavy atom. The van der Waals surface area contributed by atoms with Crippen molar-refractivity contribution in [2.24, 2.45) is 0 Å². The van der Waals surface area contributed by atoms with E-state index in [1.807, 2.05) is 0 Å². The molecule has 0 saturated carbocycles. The fourth-order valence-corrected chi connectivity index (χ4v) is 2.18. The summed E-state index contributed by atoms with van der Waals surface area (Å²) in [7, 11) is -4.14. The molecule has 0 saturated heterocycles. The average Bonchev–Trinajstić information content (AvgIpc) is 2.16. The predicted molar refractivity (Wildman–Crippen MR) is 52.5 cm³/mol. The van der Waals surface area contributed by atoms with E-state index in [9.17, 15) is 22.6 Å². The van der Waals surface area contributed by atoms with E-state index >= 15 is 0 Å². The Kier molecular flexibility index (Phi) is 3.78. The minimum absolute atomic E-state index is 0.0516. The van der Waals surface area contributed by atoms with Crippen molar-refractivity contribution in [3.05, 3.63) is 29.8 Å². The zero-order valence-corrected chi connectivity index (χ0v) is 9.26. The van der Waals surface area contributed by atoms with Crippen LogP contribution in [0.15, 0.2) is 24.3 Å². The molecular formula is C9H10F3O3P. The predicted octanol–water partition coefficient (Wildman–Crippen LogP) is 2.55. The molecule has 1 aromatic carbocycles. The maximum atomic E-state index is 12.3. The van der Waals surface area contributed by atoms with E-state index in [0.29, 0.717) is 6.07 Å². The van der Waals surface area contributed by atoms with Crippen molar-refractivity contribution in [3.8, 4) is 0 Å². The number of hydrogen-bond donors (Lipinski definition) is 1. The molecule has 0 aliphatic carbocycles. The molecule has 16 heavy (non-hydrogen) atoms. The van der Waals surface area contributed by atoms with Crippen LogP contribution in [0.3, 0.4) is 0 Å². The van der Waals surface area contributed by atoms with Gasteiger partial charge in [0.2, 0.25) is 0 Å². The van der Waals surface area contributed by atoms with Crippen LogP contribution in [-0.4, -0.2) is 11.5 Å². The van der Waals surface area contributed by atoms with Crippen molar-refractivity contribution in [2.45, 2.75) is 13.1 Å². The summed E-state index contributed by atoms with van der Waals surface area (Å²) in [6, 6.07) is 3.65. The largest absolute Gasteiger partial charge is 0.416 e. The standard InChI is InChI=1S/C9H10F3O3P/c1-2-15-16(13,14)8-5-3-4-7(6-8)9(10,11)12/h3-6H,2H2,1H3,(H,13,14). The molecule has 0 aliphatic rings. The summed E-state index contributed by atoms with van der Waals surface area (Å²) in [5.41, 5.74) is -0.973. The van der Waals surface area contributed by atoms with Crippen LogP contribution in [0.2, 0.25) is 0 Å². The monoisotopic (exact) mass is 254 g/mol. The van der Waals surface area contributed by atoms with E-state index in [1.54, 1.807) is 0 Å². The minimum Gasteiger partial charge on any atom is -0.321 e. The van der Waals surface area contributed by atoms with E-state index < -0.39 is 19.3 Å². The second kappa shape index (κ2) is 4.57. The summed E-state index contributed by atoms with van der Waals surface area (Å²) in [4.78, 5) is 9.34. The lowest BCUT2D eigenvalue weighted by molar-refractivity contribution is -0.137. The van der Waals surface area contributed by atoms with Gasteiger partial charge >= 0.3 is 13.8 Å². The molecule has 0 bridgehead atoms. The molecule has 1 rings (SSSR count). The van der Waals surface area contributed by atoms with Gasteiger partial charge in [-0.05, 0) is 25.1 Å². The molecule has 0 amide bonds. The lowest BCUT2D eigenvalue weighted by Crippen LogP contribution is -2.12. The number of benzene rings is 1. The number of halogens is 3. The Morgan fingerprint density at radius 2 is 2.06 bits per heavy atom. The van der Waals surface area contributed by atoms with Crippen LogP contribution in [0.5, 0.6) is 0 Å². The molecule has 0 radical (unpaired) electrons. The molecule has 1 unspecified atom stereocenters. The Labute approximate surface area is 90.4 Å². The summed E-state index contributed by atoms with van der Waals surface area (Å²) in [5, 5.41) is -0.357. The first-order chi connectivity index (χ1) is 7.27. The number of hydrogen-bond acceptors (Lipinski definition) is 2. The Morgan fingerprint density at radius 1 is 1.44 bits per heavy atom. The van der Waals surface area contributed by atoms with E-state index in [0.717, 1.165) is 18.2 Å². The Hall–Kier alpha value is -0.840. The molecule has 0 aromatic heterocycles. The fourth-order valence-electron chi connectivity index (χ4n) is 1.11. The van der Waals surface area contributed by atoms with Crippen molar-refractivity contribution in [2.75, 3.05) is 6.61 Å². The third kappa shape index (κ3) is 3.07. The van der Waals surface area contributed by atoms with Gasteiger partial charge < -0.3 is 9.42 Å². The molecule has 1 atom stereocenters. The van der Waals surface area contributed by atoms with E-state index in [-0.39, 0.29) is 11.9 Å². The van der Waals surface area contributed by atoms with Crippen molar-refractivity contribution >= 4 is 12.9 Å². The molecule has 90 valence electrons. The van der Waals surface area contributed by atoms with E-state index in [4.69, 9.17) is 0 Å². The van der Waals surface area contributed by atoms with Gasteiger partial charge in [0.05, 0.1) is 17.5 Å². The van der Waals surface area contributed by atoms with Crippen molar-refractivity contribution < 1.29 is 27.2 Å². The summed E-state index contributed by atoms with van der Waals surface area (Å²) in [6.07, 6.45) is -4.54. The summed E-state index contributed by atoms with van der Waals surface area (Å²) in [5.74, 6) is 0. The van der Waals surface area contributed by atoms with Gasteiger partial charge in [0.15, 0.2) is 0 Å². The van der Waals surface area contributed by atoms with Crippen LogP contribution in [0.25, 0.3) is 0 Å². The average molecular weight is 254 g/mol. The van der Waals surface area contributed by atoms with Gasteiger partial charge in [-0.2, -0.15) is 13.2 Å². The Balaban J connectivity index is 3.13. The third-order valence-electron chi connectivity index (χ3n) is 1.80. The van der Waals surface area contributed by atoms with E-state index in [2.05, 4.69) is 4.52 Å². The highest BCUT2D eigenvalue weighted by atomic mass is 31.2. The van der Waals surface area contributed by atoms with Gasteiger partial charge in [0, 0.05) is 0 Å². The highest BCUT2D eigenvalue weighted by Gasteiger charge is 2.32. The molecule has 1 aromatic rings. The lowest BCUT2D eigenvalue weighted by Gasteiger charge is -2.13. The molecule has 0 fully saturated rings. The van der Waals surface area contributed by atoms with Crippen LogP contribution >= 0.6 is 7.60 Å². The van der Waals surface area contributed by atoms with Gasteiger partial charge in [0.1, 0.15) is 0 Å². The lowest BCUT2D eigenvalue weighted by atomic mass is 10.2. The van der Waals surface area contributed by atoms with Crippen LogP contribution in [-0.2, 0) is 15.3 Å². The van der Waals surface area contributed by atoms with Crippen LogP contribution < -0.4 is 5.30 Å². The van der Waals surface area contributed by atoms with Crippen molar-refractivity contribution in [3.63, 3.8) is 0 Å². The zero-order valence-electron chi connectivity index (χ0n) is 8.36. The van der Waals surface area contributed by atoms with Crippen molar-refractivity contribution in [1.82, 2.24) is 0 Å². The molecule has 0 aliphatic heterocycles. The maximum absolute atomic E-state index is 12.3. The first kappa shape index (κ1) is 13.2. The highest BCUT2D eigenvalue weighted by Crippen LogP contribution is 2.41. The molecular weight excluding hydrogens is 244 g/mol. The smallest absolute Gasteiger partial charge is 0.321 e. The normalized spacial score (nSPS) is 15.8.